The van der Waals surface area contributed by atoms with Crippen molar-refractivity contribution < 1.29 is 9.53 Å². The third-order valence-electron chi connectivity index (χ3n) is 3.55. The fraction of sp³-hybridized carbons (Fsp3) is 0.588. The maximum Gasteiger partial charge on any atom is 0.322 e. The molecular formula is C17H28N2O2. The topological polar surface area (TPSA) is 41.6 Å². The molecule has 1 atom stereocenters. The number of benzene rings is 1. The second-order valence-corrected chi connectivity index (χ2v) is 5.55. The molecule has 0 heterocycles. The van der Waals surface area contributed by atoms with E-state index in [9.17, 15) is 4.79 Å². The zero-order chi connectivity index (χ0) is 15.8. The molecule has 1 N–H and O–H groups in total. The summed E-state index contributed by atoms with van der Waals surface area (Å²) >= 11 is 0. The van der Waals surface area contributed by atoms with E-state index in [-0.39, 0.29) is 18.1 Å². The van der Waals surface area contributed by atoms with Gasteiger partial charge in [0.1, 0.15) is 6.04 Å². The smallest absolute Gasteiger partial charge is 0.322 e. The summed E-state index contributed by atoms with van der Waals surface area (Å²) in [4.78, 5) is 14.1. The fourth-order valence-corrected chi connectivity index (χ4v) is 2.47. The van der Waals surface area contributed by atoms with Crippen LogP contribution < -0.4 is 10.2 Å². The van der Waals surface area contributed by atoms with Gasteiger partial charge in [-0.1, -0.05) is 32.0 Å². The van der Waals surface area contributed by atoms with E-state index < -0.39 is 0 Å². The Morgan fingerprint density at radius 1 is 1.33 bits per heavy atom. The number of rotatable bonds is 8. The third kappa shape index (κ3) is 5.38. The van der Waals surface area contributed by atoms with Gasteiger partial charge in [0.05, 0.1) is 7.11 Å². The van der Waals surface area contributed by atoms with E-state index in [1.54, 1.807) is 0 Å². The predicted molar refractivity (Wildman–Crippen MR) is 87.8 cm³/mol. The van der Waals surface area contributed by atoms with E-state index in [1.165, 1.54) is 18.4 Å². The molecule has 0 aliphatic carbocycles. The van der Waals surface area contributed by atoms with Crippen molar-refractivity contribution in [1.82, 2.24) is 5.32 Å². The van der Waals surface area contributed by atoms with Crippen molar-refractivity contribution in [2.45, 2.75) is 46.2 Å². The molecule has 0 radical (unpaired) electrons. The van der Waals surface area contributed by atoms with Gasteiger partial charge in [-0.25, -0.2) is 0 Å². The van der Waals surface area contributed by atoms with Crippen molar-refractivity contribution in [2.24, 2.45) is 0 Å². The average Bonchev–Trinajstić information content (AvgIpc) is 2.47. The molecule has 1 aromatic rings. The number of para-hydroxylation sites is 1. The Morgan fingerprint density at radius 2 is 2.00 bits per heavy atom. The Bertz CT molecular complexity index is 446. The quantitative estimate of drug-likeness (QED) is 0.748. The summed E-state index contributed by atoms with van der Waals surface area (Å²) in [5, 5.41) is 3.27. The first-order valence-electron chi connectivity index (χ1n) is 7.64. The molecule has 0 saturated heterocycles. The summed E-state index contributed by atoms with van der Waals surface area (Å²) < 4.78 is 4.89. The van der Waals surface area contributed by atoms with Crippen molar-refractivity contribution in [3.8, 4) is 0 Å². The van der Waals surface area contributed by atoms with Crippen LogP contribution in [-0.2, 0) is 9.53 Å². The third-order valence-corrected chi connectivity index (χ3v) is 3.55. The van der Waals surface area contributed by atoms with Crippen molar-refractivity contribution >= 4 is 11.7 Å². The lowest BCUT2D eigenvalue weighted by molar-refractivity contribution is -0.143. The van der Waals surface area contributed by atoms with E-state index in [4.69, 9.17) is 4.74 Å². The highest BCUT2D eigenvalue weighted by Gasteiger charge is 2.20. The van der Waals surface area contributed by atoms with Gasteiger partial charge in [0.15, 0.2) is 0 Å². The van der Waals surface area contributed by atoms with Crippen LogP contribution in [0.15, 0.2) is 24.3 Å². The molecule has 0 aromatic heterocycles. The van der Waals surface area contributed by atoms with Crippen LogP contribution in [-0.4, -0.2) is 38.3 Å². The molecule has 0 aliphatic rings. The summed E-state index contributed by atoms with van der Waals surface area (Å²) in [6, 6.07) is 8.33. The van der Waals surface area contributed by atoms with Gasteiger partial charge >= 0.3 is 5.97 Å². The summed E-state index contributed by atoms with van der Waals surface area (Å²) in [6.07, 6.45) is 0.729. The number of esters is 1. The summed E-state index contributed by atoms with van der Waals surface area (Å²) in [6.45, 7) is 10.1. The molecule has 0 aliphatic heterocycles. The number of nitrogens with one attached hydrogen (secondary N) is 1. The Kier molecular flexibility index (Phi) is 7.23. The van der Waals surface area contributed by atoms with Gasteiger partial charge in [-0.3, -0.25) is 4.79 Å². The lowest BCUT2D eigenvalue weighted by atomic mass is 10.1. The van der Waals surface area contributed by atoms with Crippen LogP contribution in [0, 0.1) is 6.92 Å². The van der Waals surface area contributed by atoms with E-state index >= 15 is 0 Å². The SMILES string of the molecule is CCN(CCC(NC(C)C)C(=O)OC)c1ccccc1C. The molecule has 0 spiro atoms. The van der Waals surface area contributed by atoms with Crippen LogP contribution in [0.2, 0.25) is 0 Å². The van der Waals surface area contributed by atoms with Gasteiger partial charge in [0.2, 0.25) is 0 Å². The van der Waals surface area contributed by atoms with Crippen LogP contribution in [0.5, 0.6) is 0 Å². The molecule has 0 fully saturated rings. The Balaban J connectivity index is 2.72. The Morgan fingerprint density at radius 3 is 2.52 bits per heavy atom. The largest absolute Gasteiger partial charge is 0.468 e. The van der Waals surface area contributed by atoms with Crippen molar-refractivity contribution in [2.75, 3.05) is 25.1 Å². The number of hydrogen-bond acceptors (Lipinski definition) is 4. The van der Waals surface area contributed by atoms with Gasteiger partial charge in [-0.2, -0.15) is 0 Å². The highest BCUT2D eigenvalue weighted by atomic mass is 16.5. The highest BCUT2D eigenvalue weighted by Crippen LogP contribution is 2.19. The second-order valence-electron chi connectivity index (χ2n) is 5.55. The van der Waals surface area contributed by atoms with Gasteiger partial charge in [-0.15, -0.1) is 0 Å². The number of ether oxygens (including phenoxy) is 1. The number of carbonyl (C=O) groups excluding carboxylic acids is 1. The van der Waals surface area contributed by atoms with E-state index in [1.807, 2.05) is 19.9 Å². The molecule has 118 valence electrons. The molecule has 21 heavy (non-hydrogen) atoms. The van der Waals surface area contributed by atoms with Crippen LogP contribution in [0.3, 0.4) is 0 Å². The minimum Gasteiger partial charge on any atom is -0.468 e. The molecule has 1 aromatic carbocycles. The highest BCUT2D eigenvalue weighted by molar-refractivity contribution is 5.75. The number of methoxy groups -OCH3 is 1. The van der Waals surface area contributed by atoms with Crippen molar-refractivity contribution in [3.05, 3.63) is 29.8 Å². The minimum absolute atomic E-state index is 0.190. The van der Waals surface area contributed by atoms with Gasteiger partial charge in [-0.05, 0) is 31.9 Å². The monoisotopic (exact) mass is 292 g/mol. The van der Waals surface area contributed by atoms with Gasteiger partial charge in [0.25, 0.3) is 0 Å². The first-order chi connectivity index (χ1) is 9.99. The van der Waals surface area contributed by atoms with Crippen molar-refractivity contribution in [1.29, 1.82) is 0 Å². The van der Waals surface area contributed by atoms with Crippen LogP contribution in [0.1, 0.15) is 32.8 Å². The lowest BCUT2D eigenvalue weighted by Crippen LogP contribution is -2.44. The normalized spacial score (nSPS) is 12.3. The average molecular weight is 292 g/mol. The van der Waals surface area contributed by atoms with Crippen LogP contribution in [0.25, 0.3) is 0 Å². The molecule has 4 nitrogen and oxygen atoms in total. The van der Waals surface area contributed by atoms with E-state index in [0.717, 1.165) is 19.5 Å². The first kappa shape index (κ1) is 17.5. The number of carbonyl (C=O) groups is 1. The Labute approximate surface area is 128 Å². The molecule has 0 saturated carbocycles. The first-order valence-corrected chi connectivity index (χ1v) is 7.64. The fourth-order valence-electron chi connectivity index (χ4n) is 2.47. The van der Waals surface area contributed by atoms with Crippen LogP contribution in [0.4, 0.5) is 5.69 Å². The van der Waals surface area contributed by atoms with Crippen molar-refractivity contribution in [3.63, 3.8) is 0 Å². The lowest BCUT2D eigenvalue weighted by Gasteiger charge is -2.27. The number of aryl methyl sites for hydroxylation is 1. The predicted octanol–water partition coefficient (Wildman–Crippen LogP) is 2.75. The number of hydrogen-bond donors (Lipinski definition) is 1. The summed E-state index contributed by atoms with van der Waals surface area (Å²) in [5.41, 5.74) is 2.49. The molecule has 4 heteroatoms. The van der Waals surface area contributed by atoms with Gasteiger partial charge in [0, 0.05) is 24.8 Å². The maximum absolute atomic E-state index is 11.8. The van der Waals surface area contributed by atoms with E-state index in [2.05, 4.69) is 42.3 Å². The second kappa shape index (κ2) is 8.67. The number of anilines is 1. The molecular weight excluding hydrogens is 264 g/mol. The molecule has 0 amide bonds. The maximum atomic E-state index is 11.8. The number of nitrogens with zero attached hydrogens (tertiary/aromatic N) is 1. The van der Waals surface area contributed by atoms with E-state index in [0.29, 0.717) is 0 Å². The zero-order valence-corrected chi connectivity index (χ0v) is 13.8. The molecule has 1 rings (SSSR count). The minimum atomic E-state index is -0.256. The van der Waals surface area contributed by atoms with Gasteiger partial charge < -0.3 is 15.0 Å². The molecule has 1 unspecified atom stereocenters. The molecule has 0 bridgehead atoms. The Hall–Kier alpha value is -1.55. The summed E-state index contributed by atoms with van der Waals surface area (Å²) in [5.74, 6) is -0.190. The zero-order valence-electron chi connectivity index (χ0n) is 13.8. The van der Waals surface area contributed by atoms with Crippen LogP contribution >= 0.6 is 0 Å². The standard InChI is InChI=1S/C17H28N2O2/c1-6-19(16-10-8-7-9-14(16)4)12-11-15(17(20)21-5)18-13(2)3/h7-10,13,15,18H,6,11-12H2,1-5H3. The summed E-state index contributed by atoms with van der Waals surface area (Å²) in [7, 11) is 1.44.